The third kappa shape index (κ3) is 7.32. The lowest BCUT2D eigenvalue weighted by atomic mass is 10.0. The average molecular weight is 613 g/mol. The van der Waals surface area contributed by atoms with Gasteiger partial charge in [0.2, 0.25) is 11.8 Å². The molecular formula is C30H27Cl2FN4O5. The van der Waals surface area contributed by atoms with E-state index in [1.807, 2.05) is 12.2 Å². The van der Waals surface area contributed by atoms with E-state index >= 15 is 0 Å². The lowest BCUT2D eigenvalue weighted by Crippen LogP contribution is -2.27. The van der Waals surface area contributed by atoms with Crippen LogP contribution in [0.5, 0.6) is 0 Å². The highest BCUT2D eigenvalue weighted by Gasteiger charge is 2.23. The number of benzene rings is 2. The molecule has 0 unspecified atom stereocenters. The van der Waals surface area contributed by atoms with Gasteiger partial charge < -0.3 is 20.4 Å². The number of fused-ring (bicyclic) bond motifs is 4. The monoisotopic (exact) mass is 612 g/mol. The van der Waals surface area contributed by atoms with E-state index in [-0.39, 0.29) is 45.8 Å². The number of methoxy groups -OCH3 is 1. The highest BCUT2D eigenvalue weighted by molar-refractivity contribution is 6.32. The highest BCUT2D eigenvalue weighted by Crippen LogP contribution is 2.35. The molecule has 2 aromatic carbocycles. The molecular weight excluding hydrogens is 586 g/mol. The van der Waals surface area contributed by atoms with Crippen molar-refractivity contribution in [2.24, 2.45) is 0 Å². The fourth-order valence-electron chi connectivity index (χ4n) is 4.39. The number of aromatic amines is 1. The number of H-pyrrole nitrogens is 1. The number of anilines is 1. The number of ketones is 1. The summed E-state index contributed by atoms with van der Waals surface area (Å²) in [7, 11) is 1.29. The zero-order valence-corrected chi connectivity index (χ0v) is 24.2. The second kappa shape index (κ2) is 13.6. The van der Waals surface area contributed by atoms with Crippen molar-refractivity contribution >= 4 is 58.5 Å². The van der Waals surface area contributed by atoms with E-state index in [4.69, 9.17) is 27.9 Å². The molecule has 2 heterocycles. The average Bonchev–Trinajstić information content (AvgIpc) is 3.33. The van der Waals surface area contributed by atoms with Crippen LogP contribution in [0.1, 0.15) is 59.5 Å². The number of ether oxygens (including phenoxy) is 1. The van der Waals surface area contributed by atoms with Gasteiger partial charge in [-0.15, -0.1) is 0 Å². The molecule has 3 aromatic rings. The largest absolute Gasteiger partial charge is 0.469 e. The first kappa shape index (κ1) is 30.7. The van der Waals surface area contributed by atoms with Crippen molar-refractivity contribution in [1.29, 1.82) is 0 Å². The van der Waals surface area contributed by atoms with Crippen LogP contribution in [0.2, 0.25) is 10.2 Å². The number of amides is 2. The van der Waals surface area contributed by atoms with Crippen molar-refractivity contribution < 1.29 is 28.3 Å². The van der Waals surface area contributed by atoms with E-state index in [1.165, 1.54) is 32.2 Å². The van der Waals surface area contributed by atoms with Crippen LogP contribution >= 0.6 is 23.2 Å². The van der Waals surface area contributed by atoms with Gasteiger partial charge in [0, 0.05) is 29.2 Å². The lowest BCUT2D eigenvalue weighted by Gasteiger charge is -2.14. The van der Waals surface area contributed by atoms with Gasteiger partial charge in [0.1, 0.15) is 22.5 Å². The van der Waals surface area contributed by atoms with E-state index in [0.717, 1.165) is 6.08 Å². The summed E-state index contributed by atoms with van der Waals surface area (Å²) in [5.41, 5.74) is 1.87. The van der Waals surface area contributed by atoms with Gasteiger partial charge in [0.15, 0.2) is 5.78 Å². The second-order valence-corrected chi connectivity index (χ2v) is 10.3. The topological polar surface area (TPSA) is 130 Å². The molecule has 218 valence electrons. The molecule has 2 amide bonds. The number of allylic oxidation sites excluding steroid dienone is 1. The smallest absolute Gasteiger partial charge is 0.309 e. The Bertz CT molecular complexity index is 1620. The Kier molecular flexibility index (Phi) is 9.92. The molecule has 0 aliphatic carbocycles. The summed E-state index contributed by atoms with van der Waals surface area (Å²) < 4.78 is 19.4. The lowest BCUT2D eigenvalue weighted by molar-refractivity contribution is -0.139. The summed E-state index contributed by atoms with van der Waals surface area (Å²) in [4.78, 5) is 57.0. The van der Waals surface area contributed by atoms with Gasteiger partial charge in [-0.3, -0.25) is 19.2 Å². The molecule has 0 spiro atoms. The van der Waals surface area contributed by atoms with E-state index < -0.39 is 23.7 Å². The Morgan fingerprint density at radius 2 is 1.98 bits per heavy atom. The SMILES string of the molecule is COC(=O)Cc1ccc2c(c1)NC(=O)CC/C=C/C[C@H](NC(=O)/C=C/c1c(C(C)=O)ccc(Cl)c1F)c1nc-2c(Cl)[nH]1. The molecule has 1 atom stereocenters. The fourth-order valence-corrected chi connectivity index (χ4v) is 4.80. The number of Topliss-reactive ketones (excluding diaryl/α,β-unsaturated/α-hetero) is 1. The Hall–Kier alpha value is -4.28. The minimum atomic E-state index is -0.808. The Morgan fingerprint density at radius 1 is 1.19 bits per heavy atom. The fraction of sp³-hybridized carbons (Fsp3) is 0.233. The first-order chi connectivity index (χ1) is 20.1. The van der Waals surface area contributed by atoms with Gasteiger partial charge in [-0.1, -0.05) is 47.5 Å². The van der Waals surface area contributed by atoms with Crippen LogP contribution in [-0.4, -0.2) is 40.6 Å². The maximum Gasteiger partial charge on any atom is 0.309 e. The molecule has 0 saturated carbocycles. The molecule has 3 N–H and O–H groups in total. The van der Waals surface area contributed by atoms with Crippen molar-refractivity contribution in [2.45, 2.75) is 38.6 Å². The maximum atomic E-state index is 14.7. The molecule has 0 radical (unpaired) electrons. The van der Waals surface area contributed by atoms with Crippen molar-refractivity contribution in [3.05, 3.63) is 87.1 Å². The van der Waals surface area contributed by atoms with Crippen molar-refractivity contribution in [2.75, 3.05) is 12.4 Å². The first-order valence-electron chi connectivity index (χ1n) is 12.9. The van der Waals surface area contributed by atoms with Gasteiger partial charge in [0.25, 0.3) is 0 Å². The summed E-state index contributed by atoms with van der Waals surface area (Å²) in [5, 5.41) is 5.69. The van der Waals surface area contributed by atoms with Crippen LogP contribution in [0, 0.1) is 5.82 Å². The van der Waals surface area contributed by atoms with Gasteiger partial charge >= 0.3 is 5.97 Å². The molecule has 12 heteroatoms. The van der Waals surface area contributed by atoms with E-state index in [2.05, 4.69) is 20.6 Å². The number of nitrogens with zero attached hydrogens (tertiary/aromatic N) is 1. The Labute approximate surface area is 251 Å². The van der Waals surface area contributed by atoms with Crippen LogP contribution in [-0.2, 0) is 25.5 Å². The first-order valence-corrected chi connectivity index (χ1v) is 13.7. The standard InChI is InChI=1S/C30H27Cl2FN4O5/c1-16(38)18-10-12-21(31)27(33)19(18)11-13-25(40)34-22-6-4-3-5-7-24(39)35-23-14-17(15-26(41)42-2)8-9-20(23)28-29(32)37-30(22)36-28/h3-4,8-14,22H,5-7,15H2,1-2H3,(H,34,40)(H,35,39)(H,36,37)/b4-3+,13-11+/t22-/m0/s1. The van der Waals surface area contributed by atoms with Crippen molar-refractivity contribution in [3.63, 3.8) is 0 Å². The molecule has 1 aliphatic rings. The summed E-state index contributed by atoms with van der Waals surface area (Å²) in [5.74, 6) is -2.10. The molecule has 42 heavy (non-hydrogen) atoms. The van der Waals surface area contributed by atoms with Crippen LogP contribution in [0.3, 0.4) is 0 Å². The number of nitrogens with one attached hydrogen (secondary N) is 3. The van der Waals surface area contributed by atoms with Gasteiger partial charge in [-0.2, -0.15) is 0 Å². The predicted molar refractivity (Wildman–Crippen MR) is 158 cm³/mol. The summed E-state index contributed by atoms with van der Waals surface area (Å²) in [6.07, 6.45) is 6.88. The number of esters is 1. The van der Waals surface area contributed by atoms with E-state index in [0.29, 0.717) is 41.2 Å². The summed E-state index contributed by atoms with van der Waals surface area (Å²) in [6.45, 7) is 1.29. The number of halogens is 3. The van der Waals surface area contributed by atoms with E-state index in [1.54, 1.807) is 18.2 Å². The zero-order chi connectivity index (χ0) is 30.4. The molecule has 2 bridgehead atoms. The third-order valence-electron chi connectivity index (χ3n) is 6.50. The van der Waals surface area contributed by atoms with Crippen LogP contribution in [0.25, 0.3) is 17.3 Å². The summed E-state index contributed by atoms with van der Waals surface area (Å²) in [6, 6.07) is 7.07. The van der Waals surface area contributed by atoms with Crippen LogP contribution in [0.15, 0.2) is 48.6 Å². The molecule has 4 rings (SSSR count). The predicted octanol–water partition coefficient (Wildman–Crippen LogP) is 5.99. The second-order valence-electron chi connectivity index (χ2n) is 9.48. The van der Waals surface area contributed by atoms with Gasteiger partial charge in [-0.25, -0.2) is 9.37 Å². The normalized spacial score (nSPS) is 15.9. The van der Waals surface area contributed by atoms with E-state index in [9.17, 15) is 23.6 Å². The van der Waals surface area contributed by atoms with Crippen LogP contribution < -0.4 is 10.6 Å². The molecule has 9 nitrogen and oxygen atoms in total. The third-order valence-corrected chi connectivity index (χ3v) is 7.07. The minimum Gasteiger partial charge on any atom is -0.469 e. The Balaban J connectivity index is 1.67. The maximum absolute atomic E-state index is 14.7. The minimum absolute atomic E-state index is 0.0105. The molecule has 1 aromatic heterocycles. The van der Waals surface area contributed by atoms with Crippen molar-refractivity contribution in [1.82, 2.24) is 15.3 Å². The zero-order valence-electron chi connectivity index (χ0n) is 22.7. The number of imidazole rings is 1. The van der Waals surface area contributed by atoms with Crippen LogP contribution in [0.4, 0.5) is 10.1 Å². The van der Waals surface area contributed by atoms with Gasteiger partial charge in [-0.05, 0) is 49.6 Å². The number of hydrogen-bond donors (Lipinski definition) is 3. The number of aromatic nitrogens is 2. The number of hydrogen-bond acceptors (Lipinski definition) is 6. The summed E-state index contributed by atoms with van der Waals surface area (Å²) >= 11 is 12.4. The van der Waals surface area contributed by atoms with Gasteiger partial charge in [0.05, 0.1) is 30.3 Å². The quantitative estimate of drug-likeness (QED) is 0.136. The molecule has 0 fully saturated rings. The molecule has 1 aliphatic heterocycles. The number of carbonyl (C=O) groups excluding carboxylic acids is 4. The number of carbonyl (C=O) groups is 4. The van der Waals surface area contributed by atoms with Crippen molar-refractivity contribution in [3.8, 4) is 11.3 Å². The number of rotatable bonds is 6. The highest BCUT2D eigenvalue weighted by atomic mass is 35.5. The molecule has 0 saturated heterocycles. The Morgan fingerprint density at radius 3 is 2.71 bits per heavy atom.